The Balaban J connectivity index is 2.35. The Bertz CT molecular complexity index is 3130. The molecule has 0 unspecified atom stereocenters. The van der Waals surface area contributed by atoms with Crippen molar-refractivity contribution in [2.24, 2.45) is 59.0 Å². The van der Waals surface area contributed by atoms with Crippen molar-refractivity contribution in [1.29, 1.82) is 0 Å². The third-order valence-electron chi connectivity index (χ3n) is 19.4. The molecule has 0 spiro atoms. The molecule has 1 aromatic carbocycles. The lowest BCUT2D eigenvalue weighted by Crippen LogP contribution is -2.55. The van der Waals surface area contributed by atoms with E-state index in [1.54, 1.807) is 90.0 Å². The van der Waals surface area contributed by atoms with Crippen molar-refractivity contribution in [2.45, 2.75) is 274 Å². The van der Waals surface area contributed by atoms with E-state index in [2.05, 4.69) is 47.9 Å². The summed E-state index contributed by atoms with van der Waals surface area (Å²) in [6.07, 6.45) is -5.38. The van der Waals surface area contributed by atoms with Gasteiger partial charge in [0.2, 0.25) is 41.4 Å². The van der Waals surface area contributed by atoms with Gasteiger partial charge in [-0.25, -0.2) is 19.2 Å². The molecule has 1 fully saturated rings. The second-order valence-corrected chi connectivity index (χ2v) is 30.7. The number of benzene rings is 1. The van der Waals surface area contributed by atoms with Gasteiger partial charge in [-0.05, 0) is 116 Å². The van der Waals surface area contributed by atoms with E-state index in [0.29, 0.717) is 38.5 Å². The highest BCUT2D eigenvalue weighted by molar-refractivity contribution is 5.99. The fourth-order valence-electron chi connectivity index (χ4n) is 11.8. The summed E-state index contributed by atoms with van der Waals surface area (Å²) in [6, 6.07) is 1.29. The first kappa shape index (κ1) is 95.5. The molecular formula is C77H126N10O21. The van der Waals surface area contributed by atoms with E-state index in [0.717, 1.165) is 5.56 Å². The summed E-state index contributed by atoms with van der Waals surface area (Å²) in [4.78, 5) is 207. The molecule has 10 amide bonds. The molecule has 16 atom stereocenters. The van der Waals surface area contributed by atoms with Crippen molar-refractivity contribution in [3.05, 3.63) is 35.9 Å². The highest BCUT2D eigenvalue weighted by Crippen LogP contribution is 2.26. The maximum atomic E-state index is 14.6. The van der Waals surface area contributed by atoms with E-state index in [1.807, 2.05) is 44.2 Å². The number of nitrogens with one attached hydrogen (secondary N) is 9. The number of Topliss-reactive ketones (excluding diaryl/α,β-unsaturated/α-hetero) is 4. The zero-order valence-electron chi connectivity index (χ0n) is 66.6. The quantitative estimate of drug-likeness (QED) is 0.0228. The maximum absolute atomic E-state index is 14.6. The summed E-state index contributed by atoms with van der Waals surface area (Å²) < 4.78 is 21.9. The first-order valence-electron chi connectivity index (χ1n) is 38.1. The number of nitrogens with two attached hydrogens (primary N) is 1. The molecule has 13 N–H and O–H groups in total. The largest absolute Gasteiger partial charge is 0.458 e. The molecule has 1 heterocycles. The Morgan fingerprint density at radius 3 is 1.61 bits per heavy atom. The Morgan fingerprint density at radius 1 is 0.602 bits per heavy atom. The number of cyclic esters (lactones) is 1. The molecule has 0 bridgehead atoms. The summed E-state index contributed by atoms with van der Waals surface area (Å²) in [5.74, 6) is -17.0. The van der Waals surface area contributed by atoms with Crippen LogP contribution in [0.1, 0.15) is 213 Å². The lowest BCUT2D eigenvalue weighted by molar-refractivity contribution is -0.157. The van der Waals surface area contributed by atoms with E-state index >= 15 is 0 Å². The molecular weight excluding hydrogens is 1400 g/mol. The SMILES string of the molecule is CC[C@H](Cc1ccccc1)C(=O)N[C@H](C(=O)C[C@@H](CO)C(=O)N[C@H](CCC(N)=O)C(=O)C[C@@H](C(=O)N[C@H](C(=O)C[C@@H](CO)C(=O)N[C@H]1C(=O)C[C@@H](C)C(=O)N[C@@H](CCCCNC(=O)OC(CNC(=O)OC(C)(C)C)CNC(=O)OC(C)(C)C)C(=O)N[C@@H]([C@@H](C)CC)C(=O)O[C@H]1C)[C@@H](C)CC)[C@H](C)CC)[C@@H](C)CC. The van der Waals surface area contributed by atoms with Crippen LogP contribution < -0.4 is 53.6 Å². The lowest BCUT2D eigenvalue weighted by Gasteiger charge is -2.30. The van der Waals surface area contributed by atoms with Crippen molar-refractivity contribution >= 4 is 88.7 Å². The number of primary amides is 1. The average molecular weight is 1530 g/mol. The number of hydrogen-bond acceptors (Lipinski definition) is 21. The van der Waals surface area contributed by atoms with Gasteiger partial charge in [0.25, 0.3) is 0 Å². The Labute approximate surface area is 636 Å². The van der Waals surface area contributed by atoms with Crippen molar-refractivity contribution in [2.75, 3.05) is 32.8 Å². The zero-order chi connectivity index (χ0) is 81.9. The zero-order valence-corrected chi connectivity index (χ0v) is 66.6. The van der Waals surface area contributed by atoms with Crippen LogP contribution in [0.15, 0.2) is 30.3 Å². The number of alkyl carbamates (subject to hydrolysis) is 3. The monoisotopic (exact) mass is 1530 g/mol. The Kier molecular flexibility index (Phi) is 41.9. The minimum absolute atomic E-state index is 0.00838. The van der Waals surface area contributed by atoms with E-state index in [4.69, 9.17) is 24.7 Å². The van der Waals surface area contributed by atoms with Gasteiger partial charge < -0.3 is 82.7 Å². The maximum Gasteiger partial charge on any atom is 0.407 e. The van der Waals surface area contributed by atoms with Gasteiger partial charge >= 0.3 is 24.2 Å². The van der Waals surface area contributed by atoms with Crippen LogP contribution in [0.5, 0.6) is 0 Å². The summed E-state index contributed by atoms with van der Waals surface area (Å²) in [6.45, 7) is 26.1. The van der Waals surface area contributed by atoms with Gasteiger partial charge in [0.05, 0.1) is 56.3 Å². The Hall–Kier alpha value is -8.61. The first-order valence-corrected chi connectivity index (χ1v) is 38.1. The molecule has 1 saturated heterocycles. The summed E-state index contributed by atoms with van der Waals surface area (Å²) >= 11 is 0. The second kappa shape index (κ2) is 47.3. The predicted octanol–water partition coefficient (Wildman–Crippen LogP) is 5.18. The van der Waals surface area contributed by atoms with Crippen molar-refractivity contribution < 1.29 is 101 Å². The van der Waals surface area contributed by atoms with Crippen LogP contribution in [-0.4, -0.2) is 191 Å². The van der Waals surface area contributed by atoms with Crippen LogP contribution in [0.25, 0.3) is 0 Å². The second-order valence-electron chi connectivity index (χ2n) is 30.7. The van der Waals surface area contributed by atoms with Gasteiger partial charge in [-0.2, -0.15) is 0 Å². The molecule has 610 valence electrons. The number of esters is 1. The molecule has 31 nitrogen and oxygen atoms in total. The van der Waals surface area contributed by atoms with Crippen LogP contribution in [0.3, 0.4) is 0 Å². The van der Waals surface area contributed by atoms with Gasteiger partial charge in [-0.3, -0.25) is 52.7 Å². The molecule has 108 heavy (non-hydrogen) atoms. The van der Waals surface area contributed by atoms with Crippen molar-refractivity contribution in [3.8, 4) is 0 Å². The van der Waals surface area contributed by atoms with Crippen LogP contribution in [0.4, 0.5) is 14.4 Å². The van der Waals surface area contributed by atoms with Crippen LogP contribution in [0, 0.1) is 53.3 Å². The number of rotatable bonds is 43. The standard InChI is InChI=1S/C77H126N10O21/c1-18-43(6)54(38-57(90)55(31-32-61(78)94)82-68(97)51(41-88)36-59(92)62(44(7)19-2)84-67(96)50(22-5)35-49-28-24-23-25-29-49)70(99)85-63(45(8)20-3)60(93)37-52(42-89)69(98)87-65-48(11)105-72(101)64(46(9)21-4)86-71(100)56(83-66(95)47(10)34-58(65)91)30-26-27-33-79-73(102)106-53(39-80-74(103)107-76(12,13)14)40-81-75(104)108-77(15,16)17/h23-25,28-29,43-48,50-56,62-65,88-89H,18-22,26-27,30-42H2,1-17H3,(H2,78,94)(H,79,102)(H,80,103)(H,81,104)(H,82,97)(H,83,95)(H,84,96)(H,85,99)(H,86,100)(H,87,98)/t43-,44+,45+,46+,47-,48+,50-,51+,52+,54-,55-,56+,62+,63+,64+,65-/m1/s1. The minimum Gasteiger partial charge on any atom is -0.458 e. The van der Waals surface area contributed by atoms with E-state index < -0.39 is 229 Å². The van der Waals surface area contributed by atoms with E-state index in [9.17, 15) is 82.1 Å². The van der Waals surface area contributed by atoms with Crippen LogP contribution in [0.2, 0.25) is 0 Å². The molecule has 1 aromatic rings. The molecule has 1 aliphatic rings. The topological polar surface area (TPSA) is 468 Å². The minimum atomic E-state index is -1.68. The average Bonchev–Trinajstić information content (AvgIpc) is 1.11. The van der Waals surface area contributed by atoms with E-state index in [-0.39, 0.29) is 63.6 Å². The van der Waals surface area contributed by atoms with Gasteiger partial charge in [0, 0.05) is 56.4 Å². The van der Waals surface area contributed by atoms with Gasteiger partial charge in [0.1, 0.15) is 41.5 Å². The number of carbonyl (C=O) groups excluding carboxylic acids is 15. The van der Waals surface area contributed by atoms with Crippen molar-refractivity contribution in [1.82, 2.24) is 47.9 Å². The summed E-state index contributed by atoms with van der Waals surface area (Å²) in [7, 11) is 0. The predicted molar refractivity (Wildman–Crippen MR) is 400 cm³/mol. The molecule has 1 aliphatic heterocycles. The summed E-state index contributed by atoms with van der Waals surface area (Å²) in [5.41, 5.74) is 4.79. The third kappa shape index (κ3) is 34.3. The number of carbonyl (C=O) groups is 15. The number of aliphatic hydroxyl groups excluding tert-OH is 2. The number of amides is 10. The number of ketones is 4. The number of ether oxygens (including phenoxy) is 4. The summed E-state index contributed by atoms with van der Waals surface area (Å²) in [5, 5.41) is 45.1. The molecule has 0 radical (unpaired) electrons. The van der Waals surface area contributed by atoms with E-state index in [1.165, 1.54) is 13.8 Å². The fourth-order valence-corrected chi connectivity index (χ4v) is 11.8. The number of unbranched alkanes of at least 4 members (excludes halogenated alkanes) is 1. The molecule has 0 aliphatic carbocycles. The molecule has 0 aromatic heterocycles. The normalized spacial score (nSPS) is 19.7. The first-order chi connectivity index (χ1) is 50.6. The Morgan fingerprint density at radius 2 is 1.12 bits per heavy atom. The van der Waals surface area contributed by atoms with Gasteiger partial charge in [0.15, 0.2) is 23.1 Å². The molecule has 0 saturated carbocycles. The lowest BCUT2D eigenvalue weighted by atomic mass is 9.83. The van der Waals surface area contributed by atoms with Crippen LogP contribution in [-0.2, 0) is 82.9 Å². The fraction of sp³-hybridized carbons (Fsp3) is 0.727. The molecule has 2 rings (SSSR count). The van der Waals surface area contributed by atoms with Crippen molar-refractivity contribution in [3.63, 3.8) is 0 Å². The van der Waals surface area contributed by atoms with Crippen LogP contribution >= 0.6 is 0 Å². The highest BCUT2D eigenvalue weighted by Gasteiger charge is 2.42. The third-order valence-corrected chi connectivity index (χ3v) is 19.4. The highest BCUT2D eigenvalue weighted by atomic mass is 16.6. The van der Waals surface area contributed by atoms with Gasteiger partial charge in [-0.1, -0.05) is 125 Å². The molecule has 31 heteroatoms. The van der Waals surface area contributed by atoms with Gasteiger partial charge in [-0.15, -0.1) is 0 Å². The number of hydrogen-bond donors (Lipinski definition) is 12. The number of aliphatic hydroxyl groups is 2. The smallest absolute Gasteiger partial charge is 0.407 e.